The second-order valence-corrected chi connectivity index (χ2v) is 17.1. The van der Waals surface area contributed by atoms with Crippen molar-refractivity contribution in [1.29, 1.82) is 0 Å². The number of phosphoric ester groups is 2. The first-order valence-corrected chi connectivity index (χ1v) is 21.5. The van der Waals surface area contributed by atoms with Gasteiger partial charge in [-0.05, 0) is 72.8 Å². The van der Waals surface area contributed by atoms with E-state index in [0.717, 1.165) is 0 Å². The highest BCUT2D eigenvalue weighted by Gasteiger charge is 2.55. The molecule has 6 aromatic rings. The summed E-state index contributed by atoms with van der Waals surface area (Å²) < 4.78 is 109. The summed E-state index contributed by atoms with van der Waals surface area (Å²) in [5.74, 6) is -0.468. The first-order valence-electron chi connectivity index (χ1n) is 15.6. The zero-order valence-corrected chi connectivity index (χ0v) is 31.0. The lowest BCUT2D eigenvalue weighted by molar-refractivity contribution is 0.206. The Kier molecular flexibility index (Phi) is 12.2. The molecular weight excluding hydrogens is 764 g/mol. The number of hydrogen-bond donors (Lipinski definition) is 0. The van der Waals surface area contributed by atoms with Crippen LogP contribution in [-0.4, -0.2) is 0 Å². The quantitative estimate of drug-likeness (QED) is 0.0759. The summed E-state index contributed by atoms with van der Waals surface area (Å²) >= 11 is 0. The summed E-state index contributed by atoms with van der Waals surface area (Å²) in [6, 6.07) is 45.5. The van der Waals surface area contributed by atoms with Crippen molar-refractivity contribution in [3.63, 3.8) is 0 Å². The highest BCUT2D eigenvalue weighted by Crippen LogP contribution is 2.75. The van der Waals surface area contributed by atoms with E-state index in [1.54, 1.807) is 84.9 Å². The van der Waals surface area contributed by atoms with E-state index in [0.29, 0.717) is 0 Å². The van der Waals surface area contributed by atoms with Gasteiger partial charge in [0.15, 0.2) is 0 Å². The Bertz CT molecular complexity index is 1980. The van der Waals surface area contributed by atoms with Crippen molar-refractivity contribution in [2.45, 2.75) is 0 Å². The Labute approximate surface area is 305 Å². The number of benzene rings is 6. The molecule has 0 aliphatic heterocycles. The van der Waals surface area contributed by atoms with E-state index in [-0.39, 0.29) is 34.5 Å². The lowest BCUT2D eigenvalue weighted by Crippen LogP contribution is -2.12. The van der Waals surface area contributed by atoms with Crippen molar-refractivity contribution < 1.29 is 58.3 Å². The average molecular weight is 795 g/mol. The van der Waals surface area contributed by atoms with Crippen LogP contribution in [0.5, 0.6) is 34.5 Å². The molecular formula is C36H30O13P4. The molecule has 0 spiro atoms. The molecule has 0 N–H and O–H groups in total. The highest BCUT2D eigenvalue weighted by molar-refractivity contribution is 7.71. The Morgan fingerprint density at radius 2 is 0.377 bits per heavy atom. The summed E-state index contributed by atoms with van der Waals surface area (Å²) in [6.45, 7) is 0. The van der Waals surface area contributed by atoms with E-state index in [1.165, 1.54) is 97.1 Å². The third-order valence-electron chi connectivity index (χ3n) is 6.36. The Morgan fingerprint density at radius 3 is 0.566 bits per heavy atom. The highest BCUT2D eigenvalue weighted by atomic mass is 31.3. The van der Waals surface area contributed by atoms with Gasteiger partial charge in [0, 0.05) is 0 Å². The van der Waals surface area contributed by atoms with Crippen LogP contribution in [0.25, 0.3) is 0 Å². The number of phosphoric acid groups is 4. The second-order valence-electron chi connectivity index (χ2n) is 10.5. The van der Waals surface area contributed by atoms with Crippen molar-refractivity contribution in [2.75, 3.05) is 0 Å². The maximum atomic E-state index is 14.9. The van der Waals surface area contributed by atoms with Crippen LogP contribution in [-0.2, 0) is 31.2 Å². The van der Waals surface area contributed by atoms with Crippen LogP contribution in [0.1, 0.15) is 0 Å². The lowest BCUT2D eigenvalue weighted by atomic mass is 10.3. The predicted molar refractivity (Wildman–Crippen MR) is 196 cm³/mol. The molecule has 13 nitrogen and oxygen atoms in total. The summed E-state index contributed by atoms with van der Waals surface area (Å²) in [7, 11) is -21.5. The van der Waals surface area contributed by atoms with Crippen molar-refractivity contribution in [3.8, 4) is 34.5 Å². The monoisotopic (exact) mass is 794 g/mol. The van der Waals surface area contributed by atoms with Gasteiger partial charge in [0.05, 0.1) is 0 Å². The van der Waals surface area contributed by atoms with Gasteiger partial charge in [-0.1, -0.05) is 109 Å². The molecule has 0 fully saturated rings. The average Bonchev–Trinajstić information content (AvgIpc) is 3.13. The van der Waals surface area contributed by atoms with Crippen molar-refractivity contribution in [2.24, 2.45) is 0 Å². The van der Waals surface area contributed by atoms with Crippen LogP contribution in [0, 0.1) is 0 Å². The zero-order chi connectivity index (χ0) is 37.0. The molecule has 6 aromatic carbocycles. The number of rotatable bonds is 18. The van der Waals surface area contributed by atoms with Crippen LogP contribution in [0.3, 0.4) is 0 Å². The second kappa shape index (κ2) is 17.2. The van der Waals surface area contributed by atoms with Gasteiger partial charge in [0.2, 0.25) is 0 Å². The van der Waals surface area contributed by atoms with Crippen LogP contribution in [0.4, 0.5) is 0 Å². The van der Waals surface area contributed by atoms with Crippen molar-refractivity contribution in [1.82, 2.24) is 0 Å². The van der Waals surface area contributed by atoms with Crippen LogP contribution in [0.15, 0.2) is 182 Å². The SMILES string of the molecule is O=P(Oc1ccccc1)(Oc1ccccc1)OP(=O)(Oc1ccccc1)OP(=O)(Oc1ccccc1)OP(=O)(Oc1ccccc1)Oc1ccccc1. The standard InChI is InChI=1S/C36H30O13P4/c37-50(41-31-19-7-1-8-20-31,42-32-21-9-2-10-22-32)47-52(39,45-35-27-15-5-16-28-35)49-53(40,46-36-29-17-6-18-30-36)48-51(38,43-33-23-11-3-12-24-33)44-34-25-13-4-14-26-34/h1-30H. The third-order valence-corrected chi connectivity index (χ3v) is 13.8. The first kappa shape index (κ1) is 37.7. The van der Waals surface area contributed by atoms with Crippen LogP contribution < -0.4 is 27.1 Å². The maximum Gasteiger partial charge on any atom is 0.597 e. The molecule has 0 heterocycles. The molecule has 0 aromatic heterocycles. The van der Waals surface area contributed by atoms with E-state index in [1.807, 2.05) is 0 Å². The van der Waals surface area contributed by atoms with Gasteiger partial charge in [-0.25, -0.2) is 18.3 Å². The summed E-state index contributed by atoms with van der Waals surface area (Å²) in [5, 5.41) is 0. The fourth-order valence-corrected chi connectivity index (χ4v) is 11.4. The molecule has 0 amide bonds. The molecule has 0 aliphatic carbocycles. The largest absolute Gasteiger partial charge is 0.597 e. The topological polar surface area (TPSA) is 151 Å². The summed E-state index contributed by atoms with van der Waals surface area (Å²) in [6.07, 6.45) is 0. The minimum Gasteiger partial charge on any atom is -0.403 e. The smallest absolute Gasteiger partial charge is 0.403 e. The summed E-state index contributed by atoms with van der Waals surface area (Å²) in [4.78, 5) is 0. The fourth-order valence-electron chi connectivity index (χ4n) is 4.23. The molecule has 0 bridgehead atoms. The molecule has 0 saturated heterocycles. The van der Waals surface area contributed by atoms with Gasteiger partial charge in [0.1, 0.15) is 34.5 Å². The molecule has 0 radical (unpaired) electrons. The first-order chi connectivity index (χ1) is 25.6. The number of hydrogen-bond acceptors (Lipinski definition) is 13. The van der Waals surface area contributed by atoms with E-state index >= 15 is 0 Å². The molecule has 0 saturated carbocycles. The molecule has 0 aliphatic rings. The van der Waals surface area contributed by atoms with Gasteiger partial charge < -0.3 is 27.1 Å². The third kappa shape index (κ3) is 11.5. The molecule has 272 valence electrons. The van der Waals surface area contributed by atoms with Crippen molar-refractivity contribution in [3.05, 3.63) is 182 Å². The van der Waals surface area contributed by atoms with Gasteiger partial charge in [-0.2, -0.15) is 12.9 Å². The van der Waals surface area contributed by atoms with E-state index in [4.69, 9.17) is 40.1 Å². The van der Waals surface area contributed by atoms with Gasteiger partial charge >= 0.3 is 31.3 Å². The predicted octanol–water partition coefficient (Wildman–Crippen LogP) is 11.9. The van der Waals surface area contributed by atoms with Gasteiger partial charge in [0.25, 0.3) is 0 Å². The Balaban J connectivity index is 1.43. The summed E-state index contributed by atoms with van der Waals surface area (Å²) in [5.41, 5.74) is 0. The van der Waals surface area contributed by atoms with E-state index < -0.39 is 31.3 Å². The fraction of sp³-hybridized carbons (Fsp3) is 0. The molecule has 2 unspecified atom stereocenters. The van der Waals surface area contributed by atoms with Crippen LogP contribution >= 0.6 is 31.3 Å². The lowest BCUT2D eigenvalue weighted by Gasteiger charge is -2.27. The number of para-hydroxylation sites is 6. The molecule has 17 heteroatoms. The van der Waals surface area contributed by atoms with E-state index in [9.17, 15) is 18.3 Å². The molecule has 53 heavy (non-hydrogen) atoms. The van der Waals surface area contributed by atoms with Crippen LogP contribution in [0.2, 0.25) is 0 Å². The van der Waals surface area contributed by atoms with Gasteiger partial charge in [-0.3, -0.25) is 0 Å². The van der Waals surface area contributed by atoms with Crippen molar-refractivity contribution >= 4 is 31.3 Å². The zero-order valence-electron chi connectivity index (χ0n) is 27.4. The minimum absolute atomic E-state index is 0.0324. The molecule has 6 rings (SSSR count). The maximum absolute atomic E-state index is 14.9. The van der Waals surface area contributed by atoms with E-state index in [2.05, 4.69) is 0 Å². The Hall–Kier alpha value is -5.08. The Morgan fingerprint density at radius 1 is 0.226 bits per heavy atom. The normalized spacial score (nSPS) is 13.7. The molecule has 2 atom stereocenters. The van der Waals surface area contributed by atoms with Gasteiger partial charge in [-0.15, -0.1) is 0 Å². The minimum atomic E-state index is -5.60.